The van der Waals surface area contributed by atoms with Gasteiger partial charge < -0.3 is 17.1 Å². The van der Waals surface area contributed by atoms with E-state index >= 15 is 0 Å². The van der Waals surface area contributed by atoms with Gasteiger partial charge in [0.25, 0.3) is 0 Å². The Kier molecular flexibility index (Phi) is 12.5. The van der Waals surface area contributed by atoms with E-state index in [1.807, 2.05) is 24.3 Å². The van der Waals surface area contributed by atoms with Gasteiger partial charge in [0, 0.05) is 0 Å². The lowest BCUT2D eigenvalue weighted by Crippen LogP contribution is -2.48. The molecule has 0 aliphatic heterocycles. The van der Waals surface area contributed by atoms with Gasteiger partial charge in [0.15, 0.2) is 0 Å². The number of thiocyanates is 1. The van der Waals surface area contributed by atoms with E-state index < -0.39 is 0 Å². The van der Waals surface area contributed by atoms with Crippen LogP contribution in [0.15, 0.2) is 50.6 Å². The molecule has 0 atom stereocenters. The predicted molar refractivity (Wildman–Crippen MR) is 73.5 cm³/mol. The summed E-state index contributed by atoms with van der Waals surface area (Å²) in [6.07, 6.45) is 7.76. The molecule has 0 aliphatic carbocycles. The molecule has 16 heavy (non-hydrogen) atoms. The Hall–Kier alpha value is -1.37. The molecule has 88 valence electrons. The van der Waals surface area contributed by atoms with Gasteiger partial charge in [-0.05, 0) is 24.3 Å². The molecule has 0 rings (SSSR count). The highest BCUT2D eigenvalue weighted by Crippen LogP contribution is 2.07. The number of hydrogen-bond acceptors (Lipinski definition) is 2. The van der Waals surface area contributed by atoms with Crippen LogP contribution in [0, 0.1) is 10.7 Å². The molecule has 0 unspecified atom stereocenters. The predicted octanol–water partition coefficient (Wildman–Crippen LogP) is 2.56. The molecule has 0 spiro atoms. The zero-order valence-electron chi connectivity index (χ0n) is 9.77. The first kappa shape index (κ1) is 17.0. The molecule has 2 nitrogen and oxygen atoms in total. The fourth-order valence-corrected chi connectivity index (χ4v) is 1.54. The fourth-order valence-electron chi connectivity index (χ4n) is 1.54. The number of nitriles is 1. The van der Waals surface area contributed by atoms with Gasteiger partial charge in [-0.25, -0.2) is 5.26 Å². The standard InChI is InChI=1S/C12H20N.CHNS/c1-5-9-13(10-6-2,11-7-3)12-8-4;2-1-3/h5-8H,1-4,9-12H2;3H/q+1;/p-1. The first-order valence-electron chi connectivity index (χ1n) is 4.96. The van der Waals surface area contributed by atoms with Gasteiger partial charge in [0.05, 0.1) is 26.2 Å². The van der Waals surface area contributed by atoms with Crippen molar-refractivity contribution in [3.05, 3.63) is 50.6 Å². The molecule has 0 bridgehead atoms. The molecule has 0 saturated heterocycles. The summed E-state index contributed by atoms with van der Waals surface area (Å²) in [6, 6.07) is 0. The second-order valence-corrected chi connectivity index (χ2v) is 3.50. The van der Waals surface area contributed by atoms with Crippen molar-refractivity contribution in [1.82, 2.24) is 0 Å². The van der Waals surface area contributed by atoms with Crippen molar-refractivity contribution in [2.45, 2.75) is 0 Å². The van der Waals surface area contributed by atoms with Crippen LogP contribution in [0.4, 0.5) is 0 Å². The normalized spacial score (nSPS) is 8.94. The summed E-state index contributed by atoms with van der Waals surface area (Å²) in [5, 5.41) is 8.47. The Morgan fingerprint density at radius 1 is 0.875 bits per heavy atom. The largest absolute Gasteiger partial charge is 0.696 e. The zero-order valence-corrected chi connectivity index (χ0v) is 10.6. The van der Waals surface area contributed by atoms with Gasteiger partial charge in [-0.2, -0.15) is 0 Å². The Labute approximate surface area is 105 Å². The van der Waals surface area contributed by atoms with Gasteiger partial charge in [-0.15, -0.1) is 0 Å². The van der Waals surface area contributed by atoms with Crippen LogP contribution in [-0.4, -0.2) is 30.7 Å². The molecule has 3 heteroatoms. The van der Waals surface area contributed by atoms with Gasteiger partial charge in [-0.1, -0.05) is 31.7 Å². The Morgan fingerprint density at radius 3 is 1.19 bits per heavy atom. The molecule has 0 N–H and O–H groups in total. The molecule has 0 aromatic rings. The van der Waals surface area contributed by atoms with E-state index in [9.17, 15) is 0 Å². The first-order valence-corrected chi connectivity index (χ1v) is 5.37. The third kappa shape index (κ3) is 7.98. The zero-order chi connectivity index (χ0) is 12.9. The van der Waals surface area contributed by atoms with Crippen LogP contribution in [0.25, 0.3) is 0 Å². The molecular formula is C13H20N2S. The molecule has 0 aromatic carbocycles. The molecule has 0 fully saturated rings. The lowest BCUT2D eigenvalue weighted by Gasteiger charge is -2.35. The lowest BCUT2D eigenvalue weighted by molar-refractivity contribution is -0.906. The Balaban J connectivity index is 0. The summed E-state index contributed by atoms with van der Waals surface area (Å²) in [6.45, 7) is 18.8. The molecule has 0 aromatic heterocycles. The second-order valence-electron chi connectivity index (χ2n) is 3.32. The molecule has 0 saturated carbocycles. The number of quaternary nitrogens is 1. The summed E-state index contributed by atoms with van der Waals surface area (Å²) in [4.78, 5) is 0. The average molecular weight is 236 g/mol. The minimum absolute atomic E-state index is 0.903. The Morgan fingerprint density at radius 2 is 1.06 bits per heavy atom. The number of nitrogens with zero attached hydrogens (tertiary/aromatic N) is 2. The quantitative estimate of drug-likeness (QED) is 0.280. The van der Waals surface area contributed by atoms with E-state index in [4.69, 9.17) is 5.26 Å². The molecule has 0 radical (unpaired) electrons. The molecule has 0 aliphatic rings. The fraction of sp³-hybridized carbons (Fsp3) is 0.308. The van der Waals surface area contributed by atoms with Crippen LogP contribution in [0.1, 0.15) is 0 Å². The number of rotatable bonds is 8. The monoisotopic (exact) mass is 236 g/mol. The maximum atomic E-state index is 7.13. The summed E-state index contributed by atoms with van der Waals surface area (Å²) in [5.41, 5.74) is 0. The summed E-state index contributed by atoms with van der Waals surface area (Å²) in [7, 11) is 0. The maximum Gasteiger partial charge on any atom is 0.0978 e. The van der Waals surface area contributed by atoms with Crippen LogP contribution in [0.2, 0.25) is 0 Å². The van der Waals surface area contributed by atoms with Gasteiger partial charge in [-0.3, -0.25) is 0 Å². The van der Waals surface area contributed by atoms with E-state index in [1.54, 1.807) is 0 Å². The third-order valence-corrected chi connectivity index (χ3v) is 2.07. The SMILES string of the molecule is C=CC[N+](CC=C)(CC=C)CC=C.N#C[S-]. The van der Waals surface area contributed by atoms with Crippen molar-refractivity contribution >= 4 is 12.6 Å². The van der Waals surface area contributed by atoms with Gasteiger partial charge in [0.1, 0.15) is 0 Å². The van der Waals surface area contributed by atoms with Crippen molar-refractivity contribution in [2.24, 2.45) is 0 Å². The Bertz CT molecular complexity index is 218. The molecule has 0 heterocycles. The van der Waals surface area contributed by atoms with Crippen LogP contribution in [-0.2, 0) is 12.6 Å². The van der Waals surface area contributed by atoms with E-state index in [2.05, 4.69) is 38.9 Å². The van der Waals surface area contributed by atoms with Crippen LogP contribution >= 0.6 is 0 Å². The minimum atomic E-state index is 0.903. The van der Waals surface area contributed by atoms with Crippen LogP contribution in [0.5, 0.6) is 0 Å². The van der Waals surface area contributed by atoms with Crippen molar-refractivity contribution < 1.29 is 4.48 Å². The van der Waals surface area contributed by atoms with Crippen molar-refractivity contribution in [3.8, 4) is 5.40 Å². The van der Waals surface area contributed by atoms with E-state index in [1.165, 1.54) is 5.40 Å². The van der Waals surface area contributed by atoms with Crippen LogP contribution < -0.4 is 0 Å². The first-order chi connectivity index (χ1) is 7.66. The highest BCUT2D eigenvalue weighted by molar-refractivity contribution is 7.64. The van der Waals surface area contributed by atoms with Crippen molar-refractivity contribution in [2.75, 3.05) is 26.2 Å². The van der Waals surface area contributed by atoms with Crippen molar-refractivity contribution in [3.63, 3.8) is 0 Å². The van der Waals surface area contributed by atoms with E-state index in [0.29, 0.717) is 0 Å². The second kappa shape index (κ2) is 11.7. The van der Waals surface area contributed by atoms with Crippen molar-refractivity contribution in [1.29, 1.82) is 5.26 Å². The summed E-state index contributed by atoms with van der Waals surface area (Å²) in [5.74, 6) is 0. The molecule has 0 amide bonds. The van der Waals surface area contributed by atoms with Gasteiger partial charge in [0.2, 0.25) is 0 Å². The van der Waals surface area contributed by atoms with E-state index in [-0.39, 0.29) is 0 Å². The third-order valence-electron chi connectivity index (χ3n) is 2.07. The van der Waals surface area contributed by atoms with Crippen LogP contribution in [0.3, 0.4) is 0 Å². The highest BCUT2D eigenvalue weighted by Gasteiger charge is 2.20. The minimum Gasteiger partial charge on any atom is -0.696 e. The lowest BCUT2D eigenvalue weighted by atomic mass is 10.3. The van der Waals surface area contributed by atoms with E-state index in [0.717, 1.165) is 30.7 Å². The topological polar surface area (TPSA) is 23.8 Å². The summed E-state index contributed by atoms with van der Waals surface area (Å²) >= 11 is 3.70. The highest BCUT2D eigenvalue weighted by atomic mass is 32.1. The number of hydrogen-bond donors (Lipinski definition) is 0. The average Bonchev–Trinajstić information content (AvgIpc) is 2.20. The van der Waals surface area contributed by atoms with Gasteiger partial charge >= 0.3 is 0 Å². The smallest absolute Gasteiger partial charge is 0.0978 e. The summed E-state index contributed by atoms with van der Waals surface area (Å²) < 4.78 is 0.903. The maximum absolute atomic E-state index is 7.13. The molecular weight excluding hydrogens is 216 g/mol.